The van der Waals surface area contributed by atoms with E-state index >= 15 is 0 Å². The monoisotopic (exact) mass is 313 g/mol. The van der Waals surface area contributed by atoms with Gasteiger partial charge in [0.25, 0.3) is 6.43 Å². The maximum absolute atomic E-state index is 13.2. The lowest BCUT2D eigenvalue weighted by Gasteiger charge is -2.38. The lowest BCUT2D eigenvalue weighted by molar-refractivity contribution is -0.164. The third-order valence-corrected chi connectivity index (χ3v) is 3.83. The van der Waals surface area contributed by atoms with Gasteiger partial charge in [-0.3, -0.25) is 4.79 Å². The van der Waals surface area contributed by atoms with Gasteiger partial charge >= 0.3 is 12.1 Å². The average Bonchev–Trinajstić information content (AvgIpc) is 2.53. The Balaban J connectivity index is 1.99. The van der Waals surface area contributed by atoms with Crippen LogP contribution in [0, 0.1) is 5.41 Å². The summed E-state index contributed by atoms with van der Waals surface area (Å²) >= 11 is 0. The van der Waals surface area contributed by atoms with Gasteiger partial charge in [0.15, 0.2) is 0 Å². The number of rotatable bonds is 4. The fourth-order valence-electron chi connectivity index (χ4n) is 2.50. The Labute approximate surface area is 126 Å². The van der Waals surface area contributed by atoms with E-state index in [-0.39, 0.29) is 26.0 Å². The second kappa shape index (κ2) is 6.72. The first kappa shape index (κ1) is 16.2. The number of amides is 1. The number of hydrogen-bond acceptors (Lipinski definition) is 3. The van der Waals surface area contributed by atoms with Crippen LogP contribution in [0.5, 0.6) is 0 Å². The van der Waals surface area contributed by atoms with Crippen molar-refractivity contribution in [3.05, 3.63) is 35.9 Å². The molecule has 22 heavy (non-hydrogen) atoms. The normalized spacial score (nSPS) is 21.7. The molecular weight excluding hydrogens is 296 g/mol. The third-order valence-electron chi connectivity index (χ3n) is 3.83. The molecule has 0 saturated carbocycles. The number of likely N-dealkylation sites (tertiary alicyclic amines) is 1. The van der Waals surface area contributed by atoms with Crippen molar-refractivity contribution in [2.45, 2.75) is 25.9 Å². The number of carboxylic acid groups (broad SMARTS) is 1. The van der Waals surface area contributed by atoms with Crippen molar-refractivity contribution >= 4 is 12.1 Å². The summed E-state index contributed by atoms with van der Waals surface area (Å²) < 4.78 is 31.4. The van der Waals surface area contributed by atoms with Gasteiger partial charge in [0, 0.05) is 13.1 Å². The highest BCUT2D eigenvalue weighted by molar-refractivity contribution is 5.77. The van der Waals surface area contributed by atoms with Crippen LogP contribution in [0.1, 0.15) is 18.4 Å². The number of ether oxygens (including phenoxy) is 1. The van der Waals surface area contributed by atoms with Gasteiger partial charge in [0.05, 0.1) is 0 Å². The zero-order valence-electron chi connectivity index (χ0n) is 11.9. The minimum Gasteiger partial charge on any atom is -0.481 e. The Hall–Kier alpha value is -2.18. The van der Waals surface area contributed by atoms with Gasteiger partial charge < -0.3 is 14.7 Å². The lowest BCUT2D eigenvalue weighted by Crippen LogP contribution is -2.53. The Morgan fingerprint density at radius 1 is 1.32 bits per heavy atom. The molecule has 1 N–H and O–H groups in total. The molecule has 1 aliphatic heterocycles. The molecule has 120 valence electrons. The summed E-state index contributed by atoms with van der Waals surface area (Å²) in [7, 11) is 0. The number of carbonyl (C=O) groups is 2. The molecule has 1 aromatic rings. The Kier molecular flexibility index (Phi) is 4.95. The molecule has 5 nitrogen and oxygen atoms in total. The molecular formula is C15H17F2NO4. The van der Waals surface area contributed by atoms with Crippen molar-refractivity contribution < 1.29 is 28.2 Å². The van der Waals surface area contributed by atoms with Gasteiger partial charge in [-0.2, -0.15) is 0 Å². The van der Waals surface area contributed by atoms with Gasteiger partial charge in [-0.25, -0.2) is 13.6 Å². The smallest absolute Gasteiger partial charge is 0.410 e. The van der Waals surface area contributed by atoms with Crippen LogP contribution < -0.4 is 0 Å². The molecule has 1 heterocycles. The van der Waals surface area contributed by atoms with E-state index in [1.165, 1.54) is 0 Å². The van der Waals surface area contributed by atoms with Crippen molar-refractivity contribution in [2.24, 2.45) is 5.41 Å². The SMILES string of the molecule is O=C(OCc1ccccc1)N1CCCC(C(=O)O)(C(F)F)C1. The number of nitrogens with zero attached hydrogens (tertiary/aromatic N) is 1. The van der Waals surface area contributed by atoms with Crippen LogP contribution in [-0.2, 0) is 16.1 Å². The molecule has 0 aromatic heterocycles. The molecule has 1 saturated heterocycles. The Morgan fingerprint density at radius 2 is 2.00 bits per heavy atom. The topological polar surface area (TPSA) is 66.8 Å². The molecule has 1 aromatic carbocycles. The Bertz CT molecular complexity index is 538. The fourth-order valence-corrected chi connectivity index (χ4v) is 2.50. The predicted molar refractivity (Wildman–Crippen MR) is 73.5 cm³/mol. The number of halogens is 2. The molecule has 7 heteroatoms. The molecule has 0 radical (unpaired) electrons. The first-order chi connectivity index (χ1) is 10.5. The van der Waals surface area contributed by atoms with Crippen molar-refractivity contribution in [2.75, 3.05) is 13.1 Å². The summed E-state index contributed by atoms with van der Waals surface area (Å²) in [5, 5.41) is 9.11. The molecule has 1 atom stereocenters. The molecule has 0 aliphatic carbocycles. The standard InChI is InChI=1S/C15H17F2NO4/c16-12(17)15(13(19)20)7-4-8-18(10-15)14(21)22-9-11-5-2-1-3-6-11/h1-3,5-6,12H,4,7-10H2,(H,19,20). The van der Waals surface area contributed by atoms with Gasteiger partial charge in [0.2, 0.25) is 0 Å². The predicted octanol–water partition coefficient (Wildman–Crippen LogP) is 2.76. The van der Waals surface area contributed by atoms with Gasteiger partial charge in [-0.15, -0.1) is 0 Å². The highest BCUT2D eigenvalue weighted by Crippen LogP contribution is 2.36. The van der Waals surface area contributed by atoms with Crippen LogP contribution in [-0.4, -0.2) is 41.6 Å². The molecule has 1 aliphatic rings. The number of carbonyl (C=O) groups excluding carboxylic acids is 1. The van der Waals surface area contributed by atoms with Gasteiger partial charge in [-0.05, 0) is 18.4 Å². The van der Waals surface area contributed by atoms with Crippen LogP contribution in [0.4, 0.5) is 13.6 Å². The van der Waals surface area contributed by atoms with E-state index in [0.29, 0.717) is 0 Å². The van der Waals surface area contributed by atoms with Crippen molar-refractivity contribution in [1.29, 1.82) is 0 Å². The van der Waals surface area contributed by atoms with Crippen LogP contribution >= 0.6 is 0 Å². The number of carboxylic acids is 1. The second-order valence-corrected chi connectivity index (χ2v) is 5.33. The number of hydrogen-bond donors (Lipinski definition) is 1. The van der Waals surface area contributed by atoms with Crippen LogP contribution in [0.15, 0.2) is 30.3 Å². The first-order valence-corrected chi connectivity index (χ1v) is 6.93. The zero-order valence-corrected chi connectivity index (χ0v) is 11.9. The van der Waals surface area contributed by atoms with E-state index in [4.69, 9.17) is 9.84 Å². The van der Waals surface area contributed by atoms with E-state index in [0.717, 1.165) is 10.5 Å². The van der Waals surface area contributed by atoms with E-state index in [1.807, 2.05) is 6.07 Å². The summed E-state index contributed by atoms with van der Waals surface area (Å²) in [6.45, 7) is -0.298. The summed E-state index contributed by atoms with van der Waals surface area (Å²) in [6.07, 6.45) is -3.75. The number of aliphatic carboxylic acids is 1. The third kappa shape index (κ3) is 3.35. The summed E-state index contributed by atoms with van der Waals surface area (Å²) in [4.78, 5) is 24.2. The van der Waals surface area contributed by atoms with Gasteiger partial charge in [-0.1, -0.05) is 30.3 Å². The van der Waals surface area contributed by atoms with Crippen LogP contribution in [0.2, 0.25) is 0 Å². The number of piperidine rings is 1. The molecule has 1 amide bonds. The summed E-state index contributed by atoms with van der Waals surface area (Å²) in [5.41, 5.74) is -1.43. The van der Waals surface area contributed by atoms with Crippen molar-refractivity contribution in [1.82, 2.24) is 4.90 Å². The highest BCUT2D eigenvalue weighted by Gasteiger charge is 2.51. The first-order valence-electron chi connectivity index (χ1n) is 6.93. The maximum Gasteiger partial charge on any atom is 0.410 e. The fraction of sp³-hybridized carbons (Fsp3) is 0.467. The van der Waals surface area contributed by atoms with Crippen molar-refractivity contribution in [3.8, 4) is 0 Å². The van der Waals surface area contributed by atoms with E-state index < -0.39 is 30.4 Å². The second-order valence-electron chi connectivity index (χ2n) is 5.33. The molecule has 1 fully saturated rings. The summed E-state index contributed by atoms with van der Waals surface area (Å²) in [5.74, 6) is -1.58. The molecule has 2 rings (SSSR count). The van der Waals surface area contributed by atoms with Crippen LogP contribution in [0.3, 0.4) is 0 Å². The minimum atomic E-state index is -3.03. The van der Waals surface area contributed by atoms with E-state index in [2.05, 4.69) is 0 Å². The van der Waals surface area contributed by atoms with E-state index in [9.17, 15) is 18.4 Å². The minimum absolute atomic E-state index is 0.0188. The lowest BCUT2D eigenvalue weighted by atomic mass is 9.80. The quantitative estimate of drug-likeness (QED) is 0.928. The molecule has 0 bridgehead atoms. The average molecular weight is 313 g/mol. The molecule has 1 unspecified atom stereocenters. The number of alkyl halides is 2. The highest BCUT2D eigenvalue weighted by atomic mass is 19.3. The number of benzene rings is 1. The van der Waals surface area contributed by atoms with E-state index in [1.54, 1.807) is 24.3 Å². The molecule has 0 spiro atoms. The van der Waals surface area contributed by atoms with Crippen LogP contribution in [0.25, 0.3) is 0 Å². The zero-order chi connectivity index (χ0) is 16.2. The van der Waals surface area contributed by atoms with Crippen molar-refractivity contribution in [3.63, 3.8) is 0 Å². The van der Waals surface area contributed by atoms with Gasteiger partial charge in [0.1, 0.15) is 12.0 Å². The largest absolute Gasteiger partial charge is 0.481 e. The Morgan fingerprint density at radius 3 is 2.59 bits per heavy atom. The summed E-state index contributed by atoms with van der Waals surface area (Å²) in [6, 6.07) is 8.93. The maximum atomic E-state index is 13.2.